The average Bonchev–Trinajstić information content (AvgIpc) is 3.40. The van der Waals surface area contributed by atoms with Gasteiger partial charge in [-0.15, -0.1) is 5.54 Å². The maximum absolute atomic E-state index is 17.9. The first kappa shape index (κ1) is 46.9. The second kappa shape index (κ2) is 16.4. The lowest BCUT2D eigenvalue weighted by Gasteiger charge is -2.48. The van der Waals surface area contributed by atoms with E-state index < -0.39 is 76.3 Å². The van der Waals surface area contributed by atoms with E-state index in [2.05, 4.69) is 68.3 Å². The van der Waals surface area contributed by atoms with Crippen LogP contribution in [0.4, 0.5) is 29.9 Å². The van der Waals surface area contributed by atoms with Crippen LogP contribution >= 0.6 is 0 Å². The summed E-state index contributed by atoms with van der Waals surface area (Å²) in [6.07, 6.45) is 0.226. The first-order valence-electron chi connectivity index (χ1n) is 22.0. The van der Waals surface area contributed by atoms with Gasteiger partial charge in [0.25, 0.3) is 0 Å². The van der Waals surface area contributed by atoms with Gasteiger partial charge in [-0.05, 0) is 102 Å². The zero-order valence-electron chi connectivity index (χ0n) is 39.2. The number of nitrogens with one attached hydrogen (secondary N) is 1. The third-order valence-corrected chi connectivity index (χ3v) is 19.8. The van der Waals surface area contributed by atoms with Gasteiger partial charge in [-0.25, -0.2) is 41.7 Å². The van der Waals surface area contributed by atoms with Crippen molar-refractivity contribution in [2.45, 2.75) is 160 Å². The van der Waals surface area contributed by atoms with E-state index in [4.69, 9.17) is 19.2 Å². The zero-order chi connectivity index (χ0) is 47.2. The van der Waals surface area contributed by atoms with Crippen LogP contribution in [-0.4, -0.2) is 96.8 Å². The van der Waals surface area contributed by atoms with Gasteiger partial charge in [-0.3, -0.25) is 10.2 Å². The first-order valence-corrected chi connectivity index (χ1v) is 26.1. The normalized spacial score (nSPS) is 20.0. The smallest absolute Gasteiger partial charge is 0.412 e. The van der Waals surface area contributed by atoms with Crippen LogP contribution in [0.25, 0.3) is 32.9 Å². The molecule has 3 aliphatic heterocycles. The van der Waals surface area contributed by atoms with Gasteiger partial charge in [0.15, 0.2) is 5.82 Å². The molecule has 0 saturated carbocycles. The summed E-state index contributed by atoms with van der Waals surface area (Å²) in [7, 11) is -6.58. The number of anilines is 2. The van der Waals surface area contributed by atoms with Crippen LogP contribution in [0.5, 0.6) is 5.88 Å². The van der Waals surface area contributed by atoms with Crippen molar-refractivity contribution < 1.29 is 41.0 Å². The van der Waals surface area contributed by atoms with Crippen molar-refractivity contribution in [1.29, 1.82) is 0 Å². The molecular weight excluding hydrogens is 859 g/mol. The fourth-order valence-corrected chi connectivity index (χ4v) is 15.9. The minimum Gasteiger partial charge on any atom is -0.472 e. The number of fused-ring (bicyclic) bond motifs is 6. The summed E-state index contributed by atoms with van der Waals surface area (Å²) in [6.45, 7) is 25.5. The summed E-state index contributed by atoms with van der Waals surface area (Å²) < 4.78 is 79.2. The molecule has 5 heterocycles. The minimum atomic E-state index is -4.14. The molecule has 2 aromatic heterocycles. The number of halogens is 2. The maximum atomic E-state index is 17.9. The molecule has 2 aromatic carbocycles. The fraction of sp³-hybridized carbons (Fsp3) is 0.553. The summed E-state index contributed by atoms with van der Waals surface area (Å²) in [6, 6.07) is 4.58. The molecule has 2 saturated heterocycles. The predicted molar refractivity (Wildman–Crippen MR) is 247 cm³/mol. The Morgan fingerprint density at radius 3 is 2.16 bits per heavy atom. The Kier molecular flexibility index (Phi) is 12.0. The SMILES string of the molecule is CC(C)[Si](C#Cc1c(F)ccc2cc(NC(=O)OC(C)(C)C)cc(-c3nc4c5c(nc(S(C)(=O)=O)nc5c3F)N3C[C@H]5CC[C@@H]([C@H]3[C@H](C)O4)N5C(=O)OC(C)(C)C)c12)(C(C)C)C(C)C. The molecule has 4 atom stereocenters. The lowest BCUT2D eigenvalue weighted by molar-refractivity contribution is 0.000924. The van der Waals surface area contributed by atoms with Crippen molar-refractivity contribution in [3.8, 4) is 28.6 Å². The number of sulfone groups is 1. The van der Waals surface area contributed by atoms with Gasteiger partial charge in [0.1, 0.15) is 53.6 Å². The van der Waals surface area contributed by atoms with Crippen LogP contribution in [0.3, 0.4) is 0 Å². The molecular formula is C47H60F2N6O7SSi. The molecule has 0 unspecified atom stereocenters. The van der Waals surface area contributed by atoms with Crippen molar-refractivity contribution in [2.75, 3.05) is 23.0 Å². The van der Waals surface area contributed by atoms with E-state index in [1.165, 1.54) is 18.2 Å². The second-order valence-corrected chi connectivity index (χ2v) is 27.9. The van der Waals surface area contributed by atoms with Gasteiger partial charge in [0.05, 0.1) is 23.7 Å². The van der Waals surface area contributed by atoms with E-state index in [9.17, 15) is 18.0 Å². The van der Waals surface area contributed by atoms with E-state index in [0.29, 0.717) is 18.2 Å². The molecule has 344 valence electrons. The molecule has 0 radical (unpaired) electrons. The molecule has 17 heteroatoms. The van der Waals surface area contributed by atoms with Gasteiger partial charge in [0.2, 0.25) is 20.9 Å². The van der Waals surface area contributed by atoms with E-state index in [1.54, 1.807) is 52.5 Å². The Morgan fingerprint density at radius 2 is 1.56 bits per heavy atom. The summed E-state index contributed by atoms with van der Waals surface area (Å²) in [4.78, 5) is 44.3. The van der Waals surface area contributed by atoms with E-state index >= 15 is 8.78 Å². The molecule has 0 aliphatic carbocycles. The third kappa shape index (κ3) is 8.47. The zero-order valence-corrected chi connectivity index (χ0v) is 41.0. The summed E-state index contributed by atoms with van der Waals surface area (Å²) in [5.41, 5.74) is 2.21. The highest BCUT2D eigenvalue weighted by molar-refractivity contribution is 7.90. The number of pyridine rings is 1. The van der Waals surface area contributed by atoms with E-state index in [0.717, 1.165) is 6.26 Å². The average molecular weight is 919 g/mol. The van der Waals surface area contributed by atoms with E-state index in [-0.39, 0.29) is 79.7 Å². The number of hydrogen-bond donors (Lipinski definition) is 1. The second-order valence-electron chi connectivity index (χ2n) is 20.4. The molecule has 2 amide bonds. The van der Waals surface area contributed by atoms with Crippen molar-refractivity contribution >= 4 is 63.3 Å². The number of carbonyl (C=O) groups is 2. The van der Waals surface area contributed by atoms with Crippen LogP contribution in [0.2, 0.25) is 16.6 Å². The number of rotatable bonds is 6. The third-order valence-electron chi connectivity index (χ3n) is 12.6. The number of nitrogens with zero attached hydrogens (tertiary/aromatic N) is 5. The molecule has 13 nitrogen and oxygen atoms in total. The number of amides is 2. The summed E-state index contributed by atoms with van der Waals surface area (Å²) in [5, 5.41) is 2.81. The standard InChI is InChI=1S/C47H60F2N6O7SSi/c1-24(2)64(25(3)4,26(5)6)20-19-31-33(48)17-15-28-21-29(50-44(56)61-46(8,9)10)22-32(35(28)31)38-37(49)39-36-41(53-43(52-39)63(14,58)59)54-23-30-16-18-34(40(54)27(7)60-42(36)51-38)55(30)45(57)62-47(11,12)13/h15,17,21-22,24-27,30,34,40H,16,18,23H2,1-14H3,(H,50,56)/t27-,30+,34-,40+/m0/s1. The lowest BCUT2D eigenvalue weighted by Crippen LogP contribution is -2.65. The Morgan fingerprint density at radius 1 is 0.922 bits per heavy atom. The van der Waals surface area contributed by atoms with Crippen molar-refractivity contribution in [2.24, 2.45) is 0 Å². The molecule has 2 bridgehead atoms. The van der Waals surface area contributed by atoms with Gasteiger partial charge in [-0.1, -0.05) is 53.5 Å². The Balaban J connectivity index is 1.52. The number of ether oxygens (including phenoxy) is 3. The number of carbonyl (C=O) groups excluding carboxylic acids is 2. The number of hydrogen-bond acceptors (Lipinski definition) is 11. The highest BCUT2D eigenvalue weighted by Gasteiger charge is 2.54. The maximum Gasteiger partial charge on any atom is 0.412 e. The number of piperazine rings is 1. The number of benzene rings is 2. The molecule has 4 aromatic rings. The Hall–Kier alpha value is -5.08. The summed E-state index contributed by atoms with van der Waals surface area (Å²) >= 11 is 0. The highest BCUT2D eigenvalue weighted by atomic mass is 32.2. The van der Waals surface area contributed by atoms with Gasteiger partial charge in [-0.2, -0.15) is 0 Å². The topological polar surface area (TPSA) is 153 Å². The largest absolute Gasteiger partial charge is 0.472 e. The Bertz CT molecular complexity index is 2720. The highest BCUT2D eigenvalue weighted by Crippen LogP contribution is 2.48. The number of aromatic nitrogens is 3. The first-order chi connectivity index (χ1) is 29.6. The van der Waals surface area contributed by atoms with E-state index in [1.807, 2.05) is 11.8 Å². The lowest BCUT2D eigenvalue weighted by atomic mass is 9.95. The van der Waals surface area contributed by atoms with Gasteiger partial charge in [0, 0.05) is 29.4 Å². The van der Waals surface area contributed by atoms with Crippen LogP contribution in [0.15, 0.2) is 29.4 Å². The minimum absolute atomic E-state index is 0.0205. The quantitative estimate of drug-likeness (QED) is 0.112. The fourth-order valence-electron chi connectivity index (χ4n) is 10.2. The van der Waals surface area contributed by atoms with Crippen molar-refractivity contribution in [3.63, 3.8) is 0 Å². The molecule has 2 fully saturated rings. The van der Waals surface area contributed by atoms with Crippen molar-refractivity contribution in [1.82, 2.24) is 19.9 Å². The molecule has 3 aliphatic rings. The Labute approximate surface area is 376 Å². The van der Waals surface area contributed by atoms with Crippen molar-refractivity contribution in [3.05, 3.63) is 41.5 Å². The predicted octanol–water partition coefficient (Wildman–Crippen LogP) is 10.2. The van der Waals surface area contributed by atoms with Crippen LogP contribution in [0, 0.1) is 23.1 Å². The molecule has 0 spiro atoms. The summed E-state index contributed by atoms with van der Waals surface area (Å²) in [5.74, 6) is 1.62. The molecule has 64 heavy (non-hydrogen) atoms. The molecule has 1 N–H and O–H groups in total. The van der Waals surface area contributed by atoms with Gasteiger partial charge >= 0.3 is 12.2 Å². The van der Waals surface area contributed by atoms with Crippen LogP contribution in [-0.2, 0) is 19.3 Å². The van der Waals surface area contributed by atoms with Crippen LogP contribution < -0.4 is 15.0 Å². The van der Waals surface area contributed by atoms with Gasteiger partial charge < -0.3 is 19.1 Å². The van der Waals surface area contributed by atoms with Crippen LogP contribution in [0.1, 0.15) is 108 Å². The monoisotopic (exact) mass is 918 g/mol. The molecule has 7 rings (SSSR count).